The van der Waals surface area contributed by atoms with E-state index in [1.165, 1.54) is 12.8 Å². The van der Waals surface area contributed by atoms with E-state index in [1.54, 1.807) is 0 Å². The molecule has 1 saturated carbocycles. The van der Waals surface area contributed by atoms with Gasteiger partial charge in [-0.15, -0.1) is 0 Å². The Hall–Kier alpha value is -2.37. The molecule has 1 aliphatic carbocycles. The van der Waals surface area contributed by atoms with E-state index in [2.05, 4.69) is 15.5 Å². The van der Waals surface area contributed by atoms with Crippen molar-refractivity contribution in [3.8, 4) is 11.4 Å². The van der Waals surface area contributed by atoms with Crippen molar-refractivity contribution in [1.29, 1.82) is 0 Å². The van der Waals surface area contributed by atoms with Gasteiger partial charge in [-0.1, -0.05) is 11.6 Å². The monoisotopic (exact) mass is 326 g/mol. The van der Waals surface area contributed by atoms with E-state index in [0.29, 0.717) is 11.7 Å². The van der Waals surface area contributed by atoms with Gasteiger partial charge in [0, 0.05) is 30.3 Å². The first-order chi connectivity index (χ1) is 11.8. The molecule has 1 N–H and O–H groups in total. The number of urea groups is 1. The molecule has 2 fully saturated rings. The predicted octanol–water partition coefficient (Wildman–Crippen LogP) is 4.02. The molecule has 0 bridgehead atoms. The van der Waals surface area contributed by atoms with E-state index >= 15 is 0 Å². The fourth-order valence-electron chi connectivity index (χ4n) is 3.18. The molecular formula is C18H22N4O2. The topological polar surface area (TPSA) is 71.3 Å². The number of nitrogens with one attached hydrogen (secondary N) is 1. The summed E-state index contributed by atoms with van der Waals surface area (Å²) in [5.74, 6) is 1.80. The standard InChI is InChI=1S/C18H22N4O2/c23-18(22-11-2-1-3-12-22)19-15-9-7-13(8-10-15)16-20-17(24-21-16)14-5-4-6-14/h7-10,14H,1-6,11-12H2,(H,19,23). The first-order valence-corrected chi connectivity index (χ1v) is 8.79. The van der Waals surface area contributed by atoms with Crippen LogP contribution in [0.1, 0.15) is 50.3 Å². The van der Waals surface area contributed by atoms with E-state index < -0.39 is 0 Å². The highest BCUT2D eigenvalue weighted by atomic mass is 16.5. The van der Waals surface area contributed by atoms with Gasteiger partial charge in [0.1, 0.15) is 0 Å². The van der Waals surface area contributed by atoms with Crippen LogP contribution in [0.4, 0.5) is 10.5 Å². The van der Waals surface area contributed by atoms with Crippen molar-refractivity contribution in [1.82, 2.24) is 15.0 Å². The fraction of sp³-hybridized carbons (Fsp3) is 0.500. The Morgan fingerprint density at radius 1 is 1.08 bits per heavy atom. The summed E-state index contributed by atoms with van der Waals surface area (Å²) < 4.78 is 5.36. The Morgan fingerprint density at radius 2 is 1.83 bits per heavy atom. The molecule has 24 heavy (non-hydrogen) atoms. The van der Waals surface area contributed by atoms with Crippen LogP contribution in [0.2, 0.25) is 0 Å². The summed E-state index contributed by atoms with van der Waals surface area (Å²) in [6.07, 6.45) is 6.92. The molecule has 2 aromatic rings. The smallest absolute Gasteiger partial charge is 0.321 e. The van der Waals surface area contributed by atoms with Crippen LogP contribution in [0, 0.1) is 0 Å². The van der Waals surface area contributed by atoms with Gasteiger partial charge < -0.3 is 14.7 Å². The summed E-state index contributed by atoms with van der Waals surface area (Å²) in [5.41, 5.74) is 1.69. The second-order valence-electron chi connectivity index (χ2n) is 6.64. The highest BCUT2D eigenvalue weighted by Gasteiger charge is 2.25. The maximum atomic E-state index is 12.2. The Bertz CT molecular complexity index is 700. The lowest BCUT2D eigenvalue weighted by molar-refractivity contribution is 0.200. The third-order valence-electron chi connectivity index (χ3n) is 4.93. The van der Waals surface area contributed by atoms with E-state index in [0.717, 1.165) is 55.9 Å². The van der Waals surface area contributed by atoms with Gasteiger partial charge >= 0.3 is 6.03 Å². The van der Waals surface area contributed by atoms with Crippen molar-refractivity contribution in [2.45, 2.75) is 44.4 Å². The number of hydrogen-bond donors (Lipinski definition) is 1. The summed E-state index contributed by atoms with van der Waals surface area (Å²) in [4.78, 5) is 18.6. The molecule has 0 radical (unpaired) electrons. The summed E-state index contributed by atoms with van der Waals surface area (Å²) >= 11 is 0. The summed E-state index contributed by atoms with van der Waals surface area (Å²) in [7, 11) is 0. The zero-order chi connectivity index (χ0) is 16.4. The van der Waals surface area contributed by atoms with Crippen molar-refractivity contribution in [2.75, 3.05) is 18.4 Å². The molecule has 4 rings (SSSR count). The maximum absolute atomic E-state index is 12.2. The number of amides is 2. The van der Waals surface area contributed by atoms with Crippen LogP contribution in [0.25, 0.3) is 11.4 Å². The van der Waals surface area contributed by atoms with Crippen LogP contribution < -0.4 is 5.32 Å². The number of nitrogens with zero attached hydrogens (tertiary/aromatic N) is 3. The zero-order valence-corrected chi connectivity index (χ0v) is 13.7. The lowest BCUT2D eigenvalue weighted by atomic mass is 9.85. The Morgan fingerprint density at radius 3 is 2.50 bits per heavy atom. The summed E-state index contributed by atoms with van der Waals surface area (Å²) in [6, 6.07) is 7.59. The third kappa shape index (κ3) is 3.13. The normalized spacial score (nSPS) is 18.2. The number of rotatable bonds is 3. The van der Waals surface area contributed by atoms with Crippen molar-refractivity contribution in [3.63, 3.8) is 0 Å². The summed E-state index contributed by atoms with van der Waals surface area (Å²) in [6.45, 7) is 1.69. The Balaban J connectivity index is 1.40. The van der Waals surface area contributed by atoms with Crippen molar-refractivity contribution in [3.05, 3.63) is 30.2 Å². The molecule has 1 aliphatic heterocycles. The minimum absolute atomic E-state index is 0.0192. The number of carbonyl (C=O) groups excluding carboxylic acids is 1. The van der Waals surface area contributed by atoms with Gasteiger partial charge in [0.2, 0.25) is 11.7 Å². The number of anilines is 1. The Labute approximate surface area is 141 Å². The van der Waals surface area contributed by atoms with Gasteiger partial charge in [0.05, 0.1) is 0 Å². The zero-order valence-electron chi connectivity index (χ0n) is 13.7. The molecule has 0 unspecified atom stereocenters. The van der Waals surface area contributed by atoms with Gasteiger partial charge in [-0.2, -0.15) is 4.98 Å². The number of likely N-dealkylation sites (tertiary alicyclic amines) is 1. The second-order valence-corrected chi connectivity index (χ2v) is 6.64. The van der Waals surface area contributed by atoms with Gasteiger partial charge in [0.15, 0.2) is 0 Å². The van der Waals surface area contributed by atoms with Crippen molar-refractivity contribution < 1.29 is 9.32 Å². The number of carbonyl (C=O) groups is 1. The molecule has 2 aliphatic rings. The number of hydrogen-bond acceptors (Lipinski definition) is 4. The number of piperidine rings is 1. The fourth-order valence-corrected chi connectivity index (χ4v) is 3.18. The molecule has 6 heteroatoms. The molecule has 0 atom stereocenters. The second kappa shape index (κ2) is 6.63. The van der Waals surface area contributed by atoms with Gasteiger partial charge in [-0.25, -0.2) is 4.79 Å². The molecule has 126 valence electrons. The molecule has 1 aromatic carbocycles. The van der Waals surface area contributed by atoms with Gasteiger partial charge in [-0.3, -0.25) is 0 Å². The van der Waals surface area contributed by atoms with Crippen LogP contribution in [-0.2, 0) is 0 Å². The lowest BCUT2D eigenvalue weighted by Gasteiger charge is -2.26. The molecule has 6 nitrogen and oxygen atoms in total. The van der Waals surface area contributed by atoms with Crippen molar-refractivity contribution in [2.24, 2.45) is 0 Å². The average Bonchev–Trinajstić information content (AvgIpc) is 3.04. The van der Waals surface area contributed by atoms with Crippen LogP contribution in [-0.4, -0.2) is 34.2 Å². The van der Waals surface area contributed by atoms with Gasteiger partial charge in [0.25, 0.3) is 0 Å². The molecular weight excluding hydrogens is 304 g/mol. The van der Waals surface area contributed by atoms with E-state index in [9.17, 15) is 4.79 Å². The third-order valence-corrected chi connectivity index (χ3v) is 4.93. The highest BCUT2D eigenvalue weighted by Crippen LogP contribution is 2.36. The van der Waals surface area contributed by atoms with E-state index in [-0.39, 0.29) is 6.03 Å². The molecule has 1 aromatic heterocycles. The first-order valence-electron chi connectivity index (χ1n) is 8.79. The van der Waals surface area contributed by atoms with E-state index in [1.807, 2.05) is 29.2 Å². The Kier molecular flexibility index (Phi) is 4.19. The largest absolute Gasteiger partial charge is 0.339 e. The predicted molar refractivity (Wildman–Crippen MR) is 90.8 cm³/mol. The van der Waals surface area contributed by atoms with E-state index in [4.69, 9.17) is 4.52 Å². The lowest BCUT2D eigenvalue weighted by Crippen LogP contribution is -2.38. The molecule has 1 saturated heterocycles. The molecule has 0 spiro atoms. The highest BCUT2D eigenvalue weighted by molar-refractivity contribution is 5.89. The minimum atomic E-state index is -0.0192. The first kappa shape index (κ1) is 15.2. The van der Waals surface area contributed by atoms with Crippen LogP contribution >= 0.6 is 0 Å². The summed E-state index contributed by atoms with van der Waals surface area (Å²) in [5, 5.41) is 7.03. The minimum Gasteiger partial charge on any atom is -0.339 e. The SMILES string of the molecule is O=C(Nc1ccc(-c2noc(C3CCC3)n2)cc1)N1CCCCC1. The number of aromatic nitrogens is 2. The number of benzene rings is 1. The average molecular weight is 326 g/mol. The molecule has 2 heterocycles. The molecule has 2 amide bonds. The van der Waals surface area contributed by atoms with Crippen LogP contribution in [0.5, 0.6) is 0 Å². The van der Waals surface area contributed by atoms with Gasteiger partial charge in [-0.05, 0) is 56.4 Å². The quantitative estimate of drug-likeness (QED) is 0.924. The maximum Gasteiger partial charge on any atom is 0.321 e. The van der Waals surface area contributed by atoms with Crippen LogP contribution in [0.3, 0.4) is 0 Å². The van der Waals surface area contributed by atoms with Crippen molar-refractivity contribution >= 4 is 11.7 Å². The van der Waals surface area contributed by atoms with Crippen LogP contribution in [0.15, 0.2) is 28.8 Å².